The van der Waals surface area contributed by atoms with Crippen molar-refractivity contribution >= 4 is 9.84 Å². The standard InChI is InChI=1S/C12H14O2S/c13-15(14)5-11-9-3-4-10(12(11)6-15)8-2-1-7(8)9/h1-4,7-12H,5-6H2/t7-,8-,9+,10+,11-,12+/m1/s1. The van der Waals surface area contributed by atoms with E-state index in [2.05, 4.69) is 24.3 Å². The lowest BCUT2D eigenvalue weighted by Gasteiger charge is -2.53. The molecular formula is C12H14O2S. The van der Waals surface area contributed by atoms with E-state index >= 15 is 0 Å². The van der Waals surface area contributed by atoms with Crippen molar-refractivity contribution in [3.8, 4) is 0 Å². The van der Waals surface area contributed by atoms with Gasteiger partial charge in [0.2, 0.25) is 0 Å². The molecule has 4 aliphatic carbocycles. The normalized spacial score (nSPS) is 57.3. The average Bonchev–Trinajstić information content (AvgIpc) is 2.42. The van der Waals surface area contributed by atoms with Crippen LogP contribution in [-0.4, -0.2) is 19.9 Å². The summed E-state index contributed by atoms with van der Waals surface area (Å²) in [6, 6.07) is 0. The molecule has 0 spiro atoms. The van der Waals surface area contributed by atoms with Gasteiger partial charge in [-0.25, -0.2) is 8.42 Å². The van der Waals surface area contributed by atoms with E-state index in [9.17, 15) is 8.42 Å². The van der Waals surface area contributed by atoms with E-state index < -0.39 is 9.84 Å². The van der Waals surface area contributed by atoms with Crippen molar-refractivity contribution in [2.45, 2.75) is 0 Å². The number of sulfone groups is 1. The third-order valence-electron chi connectivity index (χ3n) is 4.88. The molecule has 5 rings (SSSR count). The fraction of sp³-hybridized carbons (Fsp3) is 0.667. The maximum Gasteiger partial charge on any atom is 0.150 e. The molecule has 0 amide bonds. The van der Waals surface area contributed by atoms with Gasteiger partial charge in [-0.05, 0) is 35.5 Å². The van der Waals surface area contributed by atoms with Crippen molar-refractivity contribution in [1.82, 2.24) is 0 Å². The van der Waals surface area contributed by atoms with Gasteiger partial charge in [0.15, 0.2) is 9.84 Å². The lowest BCUT2D eigenvalue weighted by atomic mass is 9.50. The molecule has 0 unspecified atom stereocenters. The van der Waals surface area contributed by atoms with Crippen molar-refractivity contribution in [1.29, 1.82) is 0 Å². The Morgan fingerprint density at radius 2 is 1.13 bits per heavy atom. The predicted octanol–water partition coefficient (Wildman–Crippen LogP) is 1.27. The Labute approximate surface area is 90.0 Å². The van der Waals surface area contributed by atoms with Gasteiger partial charge >= 0.3 is 0 Å². The molecule has 2 bridgehead atoms. The number of hydrogen-bond acceptors (Lipinski definition) is 2. The van der Waals surface area contributed by atoms with Gasteiger partial charge in [-0.1, -0.05) is 24.3 Å². The minimum absolute atomic E-state index is 0.427. The monoisotopic (exact) mass is 222 g/mol. The van der Waals surface area contributed by atoms with E-state index in [-0.39, 0.29) is 0 Å². The first kappa shape index (κ1) is 8.57. The highest BCUT2D eigenvalue weighted by molar-refractivity contribution is 7.91. The minimum atomic E-state index is -2.74. The third kappa shape index (κ3) is 0.930. The minimum Gasteiger partial charge on any atom is -0.229 e. The van der Waals surface area contributed by atoms with E-state index in [1.54, 1.807) is 0 Å². The second-order valence-corrected chi connectivity index (χ2v) is 7.64. The van der Waals surface area contributed by atoms with Crippen molar-refractivity contribution in [2.24, 2.45) is 35.5 Å². The first-order valence-electron chi connectivity index (χ1n) is 5.73. The van der Waals surface area contributed by atoms with Crippen molar-refractivity contribution in [3.63, 3.8) is 0 Å². The smallest absolute Gasteiger partial charge is 0.150 e. The Balaban J connectivity index is 1.82. The molecular weight excluding hydrogens is 208 g/mol. The summed E-state index contributed by atoms with van der Waals surface area (Å²) >= 11 is 0. The maximum absolute atomic E-state index is 11.7. The molecule has 0 N–H and O–H groups in total. The van der Waals surface area contributed by atoms with Crippen LogP contribution in [0.1, 0.15) is 0 Å². The second-order valence-electron chi connectivity index (χ2n) is 5.48. The Morgan fingerprint density at radius 3 is 1.53 bits per heavy atom. The summed E-state index contributed by atoms with van der Waals surface area (Å²) in [6.07, 6.45) is 9.15. The van der Waals surface area contributed by atoms with Gasteiger partial charge in [0.25, 0.3) is 0 Å². The molecule has 1 aliphatic heterocycles. The molecule has 6 atom stereocenters. The van der Waals surface area contributed by atoms with Crippen LogP contribution < -0.4 is 0 Å². The molecule has 0 radical (unpaired) electrons. The van der Waals surface area contributed by atoms with E-state index in [1.807, 2.05) is 0 Å². The molecule has 15 heavy (non-hydrogen) atoms. The van der Waals surface area contributed by atoms with Crippen molar-refractivity contribution < 1.29 is 8.42 Å². The first-order chi connectivity index (χ1) is 7.16. The van der Waals surface area contributed by atoms with Crippen LogP contribution in [-0.2, 0) is 9.84 Å². The molecule has 0 aromatic rings. The summed E-state index contributed by atoms with van der Waals surface area (Å²) in [5, 5.41) is 0. The summed E-state index contributed by atoms with van der Waals surface area (Å²) in [4.78, 5) is 0. The van der Waals surface area contributed by atoms with Crippen molar-refractivity contribution in [2.75, 3.05) is 11.5 Å². The molecule has 1 heterocycles. The fourth-order valence-corrected chi connectivity index (χ4v) is 6.45. The summed E-state index contributed by atoms with van der Waals surface area (Å²) in [5.41, 5.74) is 0. The van der Waals surface area contributed by atoms with E-state index in [1.165, 1.54) is 0 Å². The first-order valence-corrected chi connectivity index (χ1v) is 7.55. The number of hydrogen-bond donors (Lipinski definition) is 0. The van der Waals surface area contributed by atoms with Gasteiger partial charge < -0.3 is 0 Å². The highest BCUT2D eigenvalue weighted by Crippen LogP contribution is 2.58. The molecule has 2 nitrogen and oxygen atoms in total. The zero-order valence-electron chi connectivity index (χ0n) is 8.41. The quantitative estimate of drug-likeness (QED) is 0.578. The zero-order valence-corrected chi connectivity index (χ0v) is 9.23. The van der Waals surface area contributed by atoms with Crippen LogP contribution in [0.25, 0.3) is 0 Å². The van der Waals surface area contributed by atoms with Crippen LogP contribution in [0.5, 0.6) is 0 Å². The molecule has 80 valence electrons. The summed E-state index contributed by atoms with van der Waals surface area (Å²) in [7, 11) is -2.74. The molecule has 1 saturated heterocycles. The van der Waals surface area contributed by atoms with Crippen LogP contribution in [0.3, 0.4) is 0 Å². The molecule has 5 aliphatic rings. The summed E-state index contributed by atoms with van der Waals surface area (Å²) in [5.74, 6) is 4.11. The highest BCUT2D eigenvalue weighted by Gasteiger charge is 2.56. The SMILES string of the molecule is O=S1(=O)C[C@@H]2[C@H]3C=C[C@@H]([C@@H]4C=C[C@H]43)[C@@H]2C1. The largest absolute Gasteiger partial charge is 0.229 e. The summed E-state index contributed by atoms with van der Waals surface area (Å²) in [6.45, 7) is 0. The van der Waals surface area contributed by atoms with Crippen molar-refractivity contribution in [3.05, 3.63) is 24.3 Å². The Kier molecular flexibility index (Phi) is 1.37. The Bertz CT molecular complexity index is 438. The number of allylic oxidation sites excluding steroid dienone is 4. The van der Waals surface area contributed by atoms with Crippen LogP contribution in [0, 0.1) is 35.5 Å². The number of rotatable bonds is 0. The fourth-order valence-electron chi connectivity index (χ4n) is 4.20. The Hall–Kier alpha value is -0.570. The van der Waals surface area contributed by atoms with Crippen LogP contribution >= 0.6 is 0 Å². The zero-order chi connectivity index (χ0) is 10.2. The molecule has 3 heteroatoms. The van der Waals surface area contributed by atoms with E-state index in [4.69, 9.17) is 0 Å². The predicted molar refractivity (Wildman–Crippen MR) is 57.9 cm³/mol. The highest BCUT2D eigenvalue weighted by atomic mass is 32.2. The van der Waals surface area contributed by atoms with E-state index in [0.29, 0.717) is 47.0 Å². The van der Waals surface area contributed by atoms with E-state index in [0.717, 1.165) is 0 Å². The lowest BCUT2D eigenvalue weighted by molar-refractivity contribution is 0.0672. The van der Waals surface area contributed by atoms with Crippen LogP contribution in [0.4, 0.5) is 0 Å². The van der Waals surface area contributed by atoms with Gasteiger partial charge in [-0.15, -0.1) is 0 Å². The lowest BCUT2D eigenvalue weighted by Crippen LogP contribution is -2.49. The molecule has 1 saturated carbocycles. The molecule has 2 fully saturated rings. The molecule has 0 aromatic carbocycles. The second kappa shape index (κ2) is 2.40. The van der Waals surface area contributed by atoms with Gasteiger partial charge in [0, 0.05) is 0 Å². The average molecular weight is 222 g/mol. The molecule has 0 aromatic heterocycles. The summed E-state index contributed by atoms with van der Waals surface area (Å²) < 4.78 is 23.4. The van der Waals surface area contributed by atoms with Gasteiger partial charge in [-0.2, -0.15) is 0 Å². The Morgan fingerprint density at radius 1 is 0.733 bits per heavy atom. The maximum atomic E-state index is 11.7. The van der Waals surface area contributed by atoms with Gasteiger partial charge in [0.05, 0.1) is 11.5 Å². The topological polar surface area (TPSA) is 34.1 Å². The van der Waals surface area contributed by atoms with Crippen LogP contribution in [0.2, 0.25) is 0 Å². The van der Waals surface area contributed by atoms with Gasteiger partial charge in [-0.3, -0.25) is 0 Å². The van der Waals surface area contributed by atoms with Crippen LogP contribution in [0.15, 0.2) is 24.3 Å². The third-order valence-corrected chi connectivity index (χ3v) is 6.66. The van der Waals surface area contributed by atoms with Gasteiger partial charge in [0.1, 0.15) is 0 Å².